The van der Waals surface area contributed by atoms with Gasteiger partial charge in [0.25, 0.3) is 0 Å². The lowest BCUT2D eigenvalue weighted by atomic mass is 9.93. The molecule has 0 amide bonds. The van der Waals surface area contributed by atoms with E-state index in [4.69, 9.17) is 29.0 Å². The fraction of sp³-hybridized carbons (Fsp3) is 0.233. The second-order valence-corrected chi connectivity index (χ2v) is 8.39. The Morgan fingerprint density at radius 2 is 1.33 bits per heavy atom. The van der Waals surface area contributed by atoms with E-state index in [9.17, 15) is 0 Å². The number of aliphatic hydroxyl groups is 1. The third-order valence-electron chi connectivity index (χ3n) is 6.05. The molecule has 1 aromatic heterocycles. The molecular formula is C30H31NO5. The van der Waals surface area contributed by atoms with Crippen molar-refractivity contribution in [2.45, 2.75) is 20.0 Å². The van der Waals surface area contributed by atoms with Gasteiger partial charge in [-0.15, -0.1) is 0 Å². The summed E-state index contributed by atoms with van der Waals surface area (Å²) < 4.78 is 23.3. The van der Waals surface area contributed by atoms with E-state index in [2.05, 4.69) is 30.3 Å². The summed E-state index contributed by atoms with van der Waals surface area (Å²) >= 11 is 0. The molecule has 0 fully saturated rings. The molecule has 0 spiro atoms. The molecule has 0 radical (unpaired) electrons. The smallest absolute Gasteiger partial charge is 0.170 e. The second-order valence-electron chi connectivity index (χ2n) is 8.39. The summed E-state index contributed by atoms with van der Waals surface area (Å²) in [4.78, 5) is 4.91. The van der Waals surface area contributed by atoms with Crippen LogP contribution in [0, 0.1) is 0 Å². The lowest BCUT2D eigenvalue weighted by molar-refractivity contribution is 0.233. The number of benzene rings is 4. The quantitative estimate of drug-likeness (QED) is 0.272. The van der Waals surface area contributed by atoms with Gasteiger partial charge in [0, 0.05) is 35.0 Å². The lowest BCUT2D eigenvalue weighted by Crippen LogP contribution is -2.07. The molecule has 0 atom stereocenters. The van der Waals surface area contributed by atoms with Gasteiger partial charge in [-0.05, 0) is 48.4 Å². The van der Waals surface area contributed by atoms with Crippen LogP contribution in [0.1, 0.15) is 13.8 Å². The van der Waals surface area contributed by atoms with E-state index >= 15 is 0 Å². The highest BCUT2D eigenvalue weighted by Crippen LogP contribution is 2.46. The Morgan fingerprint density at radius 1 is 0.667 bits per heavy atom. The highest BCUT2D eigenvalue weighted by atomic mass is 16.5. The van der Waals surface area contributed by atoms with Gasteiger partial charge in [0.15, 0.2) is 23.0 Å². The van der Waals surface area contributed by atoms with E-state index < -0.39 is 0 Å². The standard InChI is InChI=1S/C29H27NO4.CH4O/c1-17(2)34-28-23-16-30-27-21(19(23)13-14-24(28)31-3)12-11-20-22(27)15-25(32-4)29(33-5)26(20)18-9-7-6-8-10-18;1-2/h6-17H,1-5H3;2H,1H3. The number of hydrogen-bond acceptors (Lipinski definition) is 6. The minimum Gasteiger partial charge on any atom is -0.493 e. The predicted molar refractivity (Wildman–Crippen MR) is 146 cm³/mol. The number of fused-ring (bicyclic) bond motifs is 5. The molecule has 186 valence electrons. The van der Waals surface area contributed by atoms with Crippen molar-refractivity contribution in [2.75, 3.05) is 28.4 Å². The maximum atomic E-state index is 7.00. The monoisotopic (exact) mass is 485 g/mol. The van der Waals surface area contributed by atoms with E-state index in [0.29, 0.717) is 23.0 Å². The fourth-order valence-corrected chi connectivity index (χ4v) is 4.61. The number of pyridine rings is 1. The maximum Gasteiger partial charge on any atom is 0.170 e. The van der Waals surface area contributed by atoms with Crippen molar-refractivity contribution < 1.29 is 24.1 Å². The van der Waals surface area contributed by atoms with Crippen molar-refractivity contribution in [1.29, 1.82) is 0 Å². The molecule has 6 nitrogen and oxygen atoms in total. The van der Waals surface area contributed by atoms with Gasteiger partial charge in [0.05, 0.1) is 33.0 Å². The zero-order valence-corrected chi connectivity index (χ0v) is 21.5. The molecule has 5 aromatic rings. The third-order valence-corrected chi connectivity index (χ3v) is 6.05. The minimum atomic E-state index is 0.0111. The van der Waals surface area contributed by atoms with Gasteiger partial charge in [0.1, 0.15) is 0 Å². The average molecular weight is 486 g/mol. The van der Waals surface area contributed by atoms with Gasteiger partial charge < -0.3 is 24.1 Å². The molecule has 0 aliphatic rings. The largest absolute Gasteiger partial charge is 0.493 e. The summed E-state index contributed by atoms with van der Waals surface area (Å²) in [5.41, 5.74) is 2.93. The van der Waals surface area contributed by atoms with Crippen molar-refractivity contribution in [2.24, 2.45) is 0 Å². The van der Waals surface area contributed by atoms with Gasteiger partial charge >= 0.3 is 0 Å². The Hall–Kier alpha value is -4.03. The normalized spacial score (nSPS) is 10.9. The Morgan fingerprint density at radius 3 is 1.97 bits per heavy atom. The molecular weight excluding hydrogens is 454 g/mol. The third kappa shape index (κ3) is 4.25. The van der Waals surface area contributed by atoms with Crippen molar-refractivity contribution in [1.82, 2.24) is 4.98 Å². The second kappa shape index (κ2) is 10.7. The Labute approximate surface area is 211 Å². The molecule has 1 N–H and O–H groups in total. The number of aromatic nitrogens is 1. The number of hydrogen-bond donors (Lipinski definition) is 1. The van der Waals surface area contributed by atoms with Gasteiger partial charge in [-0.2, -0.15) is 0 Å². The molecule has 36 heavy (non-hydrogen) atoms. The number of nitrogens with zero attached hydrogens (tertiary/aromatic N) is 1. The van der Waals surface area contributed by atoms with E-state index in [-0.39, 0.29) is 6.10 Å². The number of rotatable bonds is 6. The van der Waals surface area contributed by atoms with E-state index in [1.165, 1.54) is 0 Å². The highest BCUT2D eigenvalue weighted by Gasteiger charge is 2.20. The van der Waals surface area contributed by atoms with Crippen molar-refractivity contribution in [3.05, 3.63) is 66.9 Å². The number of aliphatic hydroxyl groups excluding tert-OH is 1. The van der Waals surface area contributed by atoms with E-state index in [0.717, 1.165) is 50.7 Å². The van der Waals surface area contributed by atoms with Crippen LogP contribution in [-0.4, -0.2) is 44.6 Å². The molecule has 1 heterocycles. The van der Waals surface area contributed by atoms with Crippen molar-refractivity contribution in [3.63, 3.8) is 0 Å². The van der Waals surface area contributed by atoms with Gasteiger partial charge in [-0.25, -0.2) is 0 Å². The van der Waals surface area contributed by atoms with Crippen LogP contribution >= 0.6 is 0 Å². The van der Waals surface area contributed by atoms with Gasteiger partial charge in [0.2, 0.25) is 0 Å². The average Bonchev–Trinajstić information content (AvgIpc) is 2.92. The van der Waals surface area contributed by atoms with Crippen molar-refractivity contribution in [3.8, 4) is 34.1 Å². The zero-order valence-electron chi connectivity index (χ0n) is 21.5. The summed E-state index contributed by atoms with van der Waals surface area (Å²) in [5, 5.41) is 12.1. The topological polar surface area (TPSA) is 70.0 Å². The van der Waals surface area contributed by atoms with Gasteiger partial charge in [-0.1, -0.05) is 42.5 Å². The summed E-state index contributed by atoms with van der Waals surface area (Å²) in [6, 6.07) is 20.5. The maximum absolute atomic E-state index is 7.00. The van der Waals surface area contributed by atoms with E-state index in [1.807, 2.05) is 50.4 Å². The Kier molecular flexibility index (Phi) is 7.46. The van der Waals surface area contributed by atoms with Crippen LogP contribution in [0.2, 0.25) is 0 Å². The molecule has 5 rings (SSSR count). The van der Waals surface area contributed by atoms with Crippen LogP contribution in [-0.2, 0) is 0 Å². The fourth-order valence-electron chi connectivity index (χ4n) is 4.61. The molecule has 4 aromatic carbocycles. The van der Waals surface area contributed by atoms with Crippen LogP contribution < -0.4 is 18.9 Å². The molecule has 0 unspecified atom stereocenters. The van der Waals surface area contributed by atoms with Crippen LogP contribution in [0.4, 0.5) is 0 Å². The summed E-state index contributed by atoms with van der Waals surface area (Å²) in [7, 11) is 5.99. The lowest BCUT2D eigenvalue weighted by Gasteiger charge is -2.19. The summed E-state index contributed by atoms with van der Waals surface area (Å²) in [6.07, 6.45) is 1.88. The van der Waals surface area contributed by atoms with Crippen molar-refractivity contribution >= 4 is 32.4 Å². The Bertz CT molecular complexity index is 1510. The first-order chi connectivity index (χ1) is 17.6. The minimum absolute atomic E-state index is 0.0111. The molecule has 0 saturated heterocycles. The summed E-state index contributed by atoms with van der Waals surface area (Å²) in [6.45, 7) is 4.01. The van der Waals surface area contributed by atoms with E-state index in [1.54, 1.807) is 21.3 Å². The van der Waals surface area contributed by atoms with Crippen LogP contribution in [0.5, 0.6) is 23.0 Å². The van der Waals surface area contributed by atoms with Crippen LogP contribution in [0.15, 0.2) is 66.9 Å². The predicted octanol–water partition coefficient (Wildman–Crippen LogP) is 6.63. The molecule has 0 aliphatic carbocycles. The first-order valence-corrected chi connectivity index (χ1v) is 11.7. The molecule has 0 aliphatic heterocycles. The number of methoxy groups -OCH3 is 3. The highest BCUT2D eigenvalue weighted by molar-refractivity contribution is 6.19. The SMILES string of the molecule is CO.COc1cc2c(ccc3c4ccc(OC)c(OC(C)C)c4cnc23)c(-c2ccccc2)c1OC. The summed E-state index contributed by atoms with van der Waals surface area (Å²) in [5.74, 6) is 2.78. The van der Waals surface area contributed by atoms with Crippen LogP contribution in [0.3, 0.4) is 0 Å². The first-order valence-electron chi connectivity index (χ1n) is 11.7. The molecule has 6 heteroatoms. The number of ether oxygens (including phenoxy) is 4. The van der Waals surface area contributed by atoms with Gasteiger partial charge in [-0.3, -0.25) is 4.98 Å². The zero-order chi connectivity index (χ0) is 25.8. The van der Waals surface area contributed by atoms with Crippen LogP contribution in [0.25, 0.3) is 43.6 Å². The first kappa shape index (κ1) is 25.1. The molecule has 0 saturated carbocycles. The molecule has 0 bridgehead atoms. The Balaban J connectivity index is 0.00000148.